The van der Waals surface area contributed by atoms with Gasteiger partial charge in [0, 0.05) is 13.1 Å². The summed E-state index contributed by atoms with van der Waals surface area (Å²) in [5, 5.41) is 14.8. The Morgan fingerprint density at radius 1 is 1.24 bits per heavy atom. The summed E-state index contributed by atoms with van der Waals surface area (Å²) in [5.74, 6) is 0.0344. The van der Waals surface area contributed by atoms with Crippen LogP contribution in [0.1, 0.15) is 13.3 Å². The molecule has 1 aromatic rings. The number of aliphatic hydroxyl groups is 1. The average Bonchev–Trinajstić information content (AvgIpc) is 2.41. The lowest BCUT2D eigenvalue weighted by molar-refractivity contribution is 0.0605. The van der Waals surface area contributed by atoms with Crippen molar-refractivity contribution in [3.63, 3.8) is 0 Å². The van der Waals surface area contributed by atoms with Gasteiger partial charge in [0.15, 0.2) is 0 Å². The molecule has 3 N–H and O–H groups in total. The minimum atomic E-state index is -3.97. The molecule has 1 saturated heterocycles. The summed E-state index contributed by atoms with van der Waals surface area (Å²) in [6.07, 6.45) is -0.176. The van der Waals surface area contributed by atoms with Gasteiger partial charge in [-0.3, -0.25) is 0 Å². The van der Waals surface area contributed by atoms with Crippen LogP contribution in [0, 0.1) is 5.92 Å². The number of primary sulfonamides is 1. The summed E-state index contributed by atoms with van der Waals surface area (Å²) < 4.78 is 48.8. The molecule has 0 aliphatic carbocycles. The van der Waals surface area contributed by atoms with Crippen LogP contribution in [0.15, 0.2) is 34.1 Å². The van der Waals surface area contributed by atoms with Gasteiger partial charge in [0.1, 0.15) is 0 Å². The number of aliphatic hydroxyl groups excluding tert-OH is 1. The van der Waals surface area contributed by atoms with Gasteiger partial charge in [-0.05, 0) is 30.5 Å². The summed E-state index contributed by atoms with van der Waals surface area (Å²) in [4.78, 5) is -0.398. The molecule has 9 heteroatoms. The number of piperidine rings is 1. The summed E-state index contributed by atoms with van der Waals surface area (Å²) >= 11 is 0. The number of hydrogen-bond donors (Lipinski definition) is 2. The van der Waals surface area contributed by atoms with Crippen LogP contribution >= 0.6 is 0 Å². The van der Waals surface area contributed by atoms with Crippen molar-refractivity contribution in [2.24, 2.45) is 11.1 Å². The molecule has 0 bridgehead atoms. The van der Waals surface area contributed by atoms with Crippen LogP contribution in [0.5, 0.6) is 0 Å². The van der Waals surface area contributed by atoms with Crippen molar-refractivity contribution in [1.29, 1.82) is 0 Å². The first-order valence-electron chi connectivity index (χ1n) is 6.43. The van der Waals surface area contributed by atoms with Gasteiger partial charge in [-0.25, -0.2) is 22.0 Å². The maximum atomic E-state index is 12.5. The summed E-state index contributed by atoms with van der Waals surface area (Å²) in [7, 11) is -7.82. The van der Waals surface area contributed by atoms with Crippen LogP contribution in [0.4, 0.5) is 0 Å². The lowest BCUT2D eigenvalue weighted by Gasteiger charge is -2.33. The fraction of sp³-hybridized carbons (Fsp3) is 0.500. The lowest BCUT2D eigenvalue weighted by atomic mass is 9.98. The predicted molar refractivity (Wildman–Crippen MR) is 76.4 cm³/mol. The zero-order valence-electron chi connectivity index (χ0n) is 11.5. The van der Waals surface area contributed by atoms with Crippen molar-refractivity contribution in [3.8, 4) is 0 Å². The van der Waals surface area contributed by atoms with Gasteiger partial charge in [0.25, 0.3) is 0 Å². The minimum Gasteiger partial charge on any atom is -0.391 e. The van der Waals surface area contributed by atoms with Gasteiger partial charge in [-0.2, -0.15) is 4.31 Å². The fourth-order valence-corrected chi connectivity index (χ4v) is 4.35. The summed E-state index contributed by atoms with van der Waals surface area (Å²) in [6, 6.07) is 4.92. The number of benzene rings is 1. The molecule has 0 aromatic heterocycles. The first-order chi connectivity index (χ1) is 9.62. The Morgan fingerprint density at radius 3 is 2.43 bits per heavy atom. The number of β-amino-alcohol motifs (C(OH)–C–C–N with tert-alkyl or cyclic N) is 1. The Balaban J connectivity index is 2.37. The van der Waals surface area contributed by atoms with Crippen molar-refractivity contribution in [2.45, 2.75) is 29.2 Å². The SMILES string of the molecule is CC1CCN(S(=O)(=O)c2cccc(S(N)(=O)=O)c2)CC1O. The second kappa shape index (κ2) is 5.65. The molecule has 0 amide bonds. The topological polar surface area (TPSA) is 118 Å². The van der Waals surface area contributed by atoms with Crippen LogP contribution in [0.3, 0.4) is 0 Å². The summed E-state index contributed by atoms with van der Waals surface area (Å²) in [6.45, 7) is 2.15. The largest absolute Gasteiger partial charge is 0.391 e. The molecular weight excluding hydrogens is 316 g/mol. The molecule has 1 fully saturated rings. The molecule has 0 saturated carbocycles. The number of nitrogens with zero attached hydrogens (tertiary/aromatic N) is 1. The maximum absolute atomic E-state index is 12.5. The number of nitrogens with two attached hydrogens (primary N) is 1. The Labute approximate surface area is 124 Å². The van der Waals surface area contributed by atoms with Crippen LogP contribution in [0.2, 0.25) is 0 Å². The third-order valence-electron chi connectivity index (χ3n) is 3.65. The Bertz CT molecular complexity index is 730. The first kappa shape index (κ1) is 16.4. The van der Waals surface area contributed by atoms with Crippen LogP contribution in [0.25, 0.3) is 0 Å². The van der Waals surface area contributed by atoms with E-state index in [1.165, 1.54) is 22.5 Å². The smallest absolute Gasteiger partial charge is 0.243 e. The molecule has 2 atom stereocenters. The fourth-order valence-electron chi connectivity index (χ4n) is 2.20. The lowest BCUT2D eigenvalue weighted by Crippen LogP contribution is -2.45. The van der Waals surface area contributed by atoms with E-state index in [9.17, 15) is 21.9 Å². The van der Waals surface area contributed by atoms with E-state index in [1.54, 1.807) is 0 Å². The molecule has 1 aliphatic rings. The van der Waals surface area contributed by atoms with Crippen molar-refractivity contribution in [2.75, 3.05) is 13.1 Å². The zero-order chi connectivity index (χ0) is 15.8. The highest BCUT2D eigenvalue weighted by Gasteiger charge is 2.33. The molecule has 1 aliphatic heterocycles. The van der Waals surface area contributed by atoms with Crippen molar-refractivity contribution >= 4 is 20.0 Å². The molecule has 1 aromatic carbocycles. The average molecular weight is 334 g/mol. The van der Waals surface area contributed by atoms with Gasteiger partial charge < -0.3 is 5.11 Å². The van der Waals surface area contributed by atoms with E-state index < -0.39 is 26.2 Å². The molecule has 2 rings (SSSR count). The van der Waals surface area contributed by atoms with E-state index in [-0.39, 0.29) is 22.3 Å². The zero-order valence-corrected chi connectivity index (χ0v) is 13.1. The highest BCUT2D eigenvalue weighted by molar-refractivity contribution is 7.90. The van der Waals surface area contributed by atoms with Crippen molar-refractivity contribution in [1.82, 2.24) is 4.31 Å². The molecule has 0 spiro atoms. The number of sulfonamides is 2. The standard InChI is InChI=1S/C12H18N2O5S2/c1-9-5-6-14(8-12(9)15)21(18,19)11-4-2-3-10(7-11)20(13,16)17/h2-4,7,9,12,15H,5-6,8H2,1H3,(H2,13,16,17). The third kappa shape index (κ3) is 3.43. The van der Waals surface area contributed by atoms with Gasteiger partial charge in [0.05, 0.1) is 15.9 Å². The monoisotopic (exact) mass is 334 g/mol. The van der Waals surface area contributed by atoms with E-state index in [0.717, 1.165) is 6.07 Å². The molecule has 7 nitrogen and oxygen atoms in total. The van der Waals surface area contributed by atoms with Gasteiger partial charge in [-0.1, -0.05) is 13.0 Å². The highest BCUT2D eigenvalue weighted by Crippen LogP contribution is 2.24. The van der Waals surface area contributed by atoms with Crippen LogP contribution in [-0.2, 0) is 20.0 Å². The minimum absolute atomic E-state index is 0.00308. The van der Waals surface area contributed by atoms with Crippen molar-refractivity contribution in [3.05, 3.63) is 24.3 Å². The molecule has 0 radical (unpaired) electrons. The van der Waals surface area contributed by atoms with Gasteiger partial charge in [0.2, 0.25) is 20.0 Å². The van der Waals surface area contributed by atoms with Crippen molar-refractivity contribution < 1.29 is 21.9 Å². The molecule has 1 heterocycles. The van der Waals surface area contributed by atoms with E-state index in [4.69, 9.17) is 5.14 Å². The van der Waals surface area contributed by atoms with Gasteiger partial charge in [-0.15, -0.1) is 0 Å². The molecule has 2 unspecified atom stereocenters. The van der Waals surface area contributed by atoms with Crippen LogP contribution in [-0.4, -0.2) is 45.4 Å². The Morgan fingerprint density at radius 2 is 1.86 bits per heavy atom. The molecule has 118 valence electrons. The van der Waals surface area contributed by atoms with Crippen LogP contribution < -0.4 is 5.14 Å². The second-order valence-corrected chi connectivity index (χ2v) is 8.72. The second-order valence-electron chi connectivity index (χ2n) is 5.22. The quantitative estimate of drug-likeness (QED) is 0.788. The molecular formula is C12H18N2O5S2. The molecule has 21 heavy (non-hydrogen) atoms. The number of hydrogen-bond acceptors (Lipinski definition) is 5. The number of rotatable bonds is 3. The predicted octanol–water partition coefficient (Wildman–Crippen LogP) is -0.275. The third-order valence-corrected chi connectivity index (χ3v) is 6.43. The van der Waals surface area contributed by atoms with E-state index in [2.05, 4.69) is 0 Å². The highest BCUT2D eigenvalue weighted by atomic mass is 32.2. The van der Waals surface area contributed by atoms with Gasteiger partial charge >= 0.3 is 0 Å². The Hall–Kier alpha value is -1.00. The van der Waals surface area contributed by atoms with E-state index in [0.29, 0.717) is 13.0 Å². The Kier molecular flexibility index (Phi) is 4.41. The first-order valence-corrected chi connectivity index (χ1v) is 9.42. The summed E-state index contributed by atoms with van der Waals surface area (Å²) in [5.41, 5.74) is 0. The normalized spacial score (nSPS) is 24.9. The maximum Gasteiger partial charge on any atom is 0.243 e. The van der Waals surface area contributed by atoms with E-state index >= 15 is 0 Å². The van der Waals surface area contributed by atoms with E-state index in [1.807, 2.05) is 6.92 Å².